The molecular formula is C16H33NO2. The average Bonchev–Trinajstić information content (AvgIpc) is 2.43. The lowest BCUT2D eigenvalue weighted by Gasteiger charge is -2.19. The summed E-state index contributed by atoms with van der Waals surface area (Å²) in [4.78, 5) is 2.20. The van der Waals surface area contributed by atoms with Crippen LogP contribution in [-0.2, 0) is 0 Å². The minimum absolute atomic E-state index is 0.237. The van der Waals surface area contributed by atoms with Crippen LogP contribution in [0.5, 0.6) is 0 Å². The first-order valence-electron chi connectivity index (χ1n) is 7.97. The lowest BCUT2D eigenvalue weighted by molar-refractivity contribution is 0.236. The Balaban J connectivity index is 3.59. The molecule has 0 amide bonds. The van der Waals surface area contributed by atoms with Gasteiger partial charge >= 0.3 is 0 Å². The average molecular weight is 271 g/mol. The number of hydrogen-bond acceptors (Lipinski definition) is 3. The molecule has 3 heteroatoms. The Morgan fingerprint density at radius 1 is 0.789 bits per heavy atom. The third-order valence-corrected chi connectivity index (χ3v) is 3.25. The zero-order valence-corrected chi connectivity index (χ0v) is 12.7. The van der Waals surface area contributed by atoms with Crippen LogP contribution in [0.15, 0.2) is 12.3 Å². The Kier molecular flexibility index (Phi) is 15.1. The summed E-state index contributed by atoms with van der Waals surface area (Å²) >= 11 is 0. The molecule has 0 aliphatic rings. The number of allylic oxidation sites excluding steroid dienone is 1. The molecule has 0 radical (unpaired) electrons. The van der Waals surface area contributed by atoms with Crippen LogP contribution in [0.2, 0.25) is 0 Å². The molecule has 0 spiro atoms. The van der Waals surface area contributed by atoms with Crippen molar-refractivity contribution in [3.63, 3.8) is 0 Å². The fourth-order valence-corrected chi connectivity index (χ4v) is 2.07. The van der Waals surface area contributed by atoms with Gasteiger partial charge in [-0.1, -0.05) is 45.1 Å². The van der Waals surface area contributed by atoms with Gasteiger partial charge in [0.05, 0.1) is 0 Å². The Morgan fingerprint density at radius 2 is 1.37 bits per heavy atom. The Labute approximate surface area is 119 Å². The van der Waals surface area contributed by atoms with E-state index in [0.717, 1.165) is 32.4 Å². The molecule has 0 aromatic heterocycles. The van der Waals surface area contributed by atoms with Crippen molar-refractivity contribution in [2.24, 2.45) is 0 Å². The van der Waals surface area contributed by atoms with Gasteiger partial charge in [0.25, 0.3) is 0 Å². The van der Waals surface area contributed by atoms with E-state index in [9.17, 15) is 0 Å². The largest absolute Gasteiger partial charge is 0.396 e. The monoisotopic (exact) mass is 271 g/mol. The topological polar surface area (TPSA) is 43.7 Å². The van der Waals surface area contributed by atoms with E-state index in [1.54, 1.807) is 0 Å². The zero-order chi connectivity index (χ0) is 14.2. The molecule has 0 unspecified atom stereocenters. The normalized spacial score (nSPS) is 11.3. The predicted octanol–water partition coefficient (Wildman–Crippen LogP) is 3.32. The number of nitrogens with zero attached hydrogens (tertiary/aromatic N) is 1. The quantitative estimate of drug-likeness (QED) is 0.476. The maximum Gasteiger partial charge on any atom is 0.0447 e. The van der Waals surface area contributed by atoms with E-state index in [1.165, 1.54) is 38.5 Å². The third-order valence-electron chi connectivity index (χ3n) is 3.25. The summed E-state index contributed by atoms with van der Waals surface area (Å²) in [7, 11) is 0. The maximum absolute atomic E-state index is 8.85. The summed E-state index contributed by atoms with van der Waals surface area (Å²) in [5.41, 5.74) is 0. The first-order valence-corrected chi connectivity index (χ1v) is 7.97. The highest BCUT2D eigenvalue weighted by Crippen LogP contribution is 2.07. The zero-order valence-electron chi connectivity index (χ0n) is 12.7. The van der Waals surface area contributed by atoms with Crippen LogP contribution < -0.4 is 0 Å². The number of aliphatic hydroxyl groups excluding tert-OH is 2. The van der Waals surface area contributed by atoms with Crippen molar-refractivity contribution in [1.29, 1.82) is 0 Å². The summed E-state index contributed by atoms with van der Waals surface area (Å²) < 4.78 is 0. The van der Waals surface area contributed by atoms with Crippen molar-refractivity contribution < 1.29 is 10.2 Å². The van der Waals surface area contributed by atoms with Gasteiger partial charge in [-0.05, 0) is 31.9 Å². The second-order valence-corrected chi connectivity index (χ2v) is 5.13. The van der Waals surface area contributed by atoms with Crippen LogP contribution >= 0.6 is 0 Å². The number of hydrogen-bond donors (Lipinski definition) is 2. The van der Waals surface area contributed by atoms with Crippen LogP contribution in [0.25, 0.3) is 0 Å². The summed E-state index contributed by atoms with van der Waals surface area (Å²) in [6, 6.07) is 0. The lowest BCUT2D eigenvalue weighted by atomic mass is 10.1. The highest BCUT2D eigenvalue weighted by atomic mass is 16.3. The molecule has 3 nitrogen and oxygen atoms in total. The van der Waals surface area contributed by atoms with Gasteiger partial charge in [0.2, 0.25) is 0 Å². The predicted molar refractivity (Wildman–Crippen MR) is 82.1 cm³/mol. The summed E-state index contributed by atoms with van der Waals surface area (Å²) in [6.07, 6.45) is 15.1. The molecular weight excluding hydrogens is 238 g/mol. The number of rotatable bonds is 14. The standard InChI is InChI=1S/C16H33NO2/c1-2-3-4-5-6-7-8-9-12-17(13-10-15-18)14-11-16-19/h9,12,18-19H,2-8,10-11,13-16H2,1H3. The molecule has 0 rings (SSSR count). The van der Waals surface area contributed by atoms with E-state index in [1.807, 2.05) is 0 Å². The lowest BCUT2D eigenvalue weighted by Crippen LogP contribution is -2.21. The van der Waals surface area contributed by atoms with Crippen molar-refractivity contribution >= 4 is 0 Å². The second-order valence-electron chi connectivity index (χ2n) is 5.13. The van der Waals surface area contributed by atoms with Crippen molar-refractivity contribution in [2.45, 2.75) is 64.7 Å². The molecule has 2 N–H and O–H groups in total. The van der Waals surface area contributed by atoms with Gasteiger partial charge in [-0.25, -0.2) is 0 Å². The fraction of sp³-hybridized carbons (Fsp3) is 0.875. The highest BCUT2D eigenvalue weighted by Gasteiger charge is 1.97. The van der Waals surface area contributed by atoms with E-state index in [4.69, 9.17) is 10.2 Å². The van der Waals surface area contributed by atoms with Gasteiger partial charge in [-0.2, -0.15) is 0 Å². The molecule has 0 aromatic rings. The summed E-state index contributed by atoms with van der Waals surface area (Å²) in [5, 5.41) is 17.7. The molecule has 114 valence electrons. The summed E-state index contributed by atoms with van der Waals surface area (Å²) in [5.74, 6) is 0. The first kappa shape index (κ1) is 18.5. The van der Waals surface area contributed by atoms with E-state index in [-0.39, 0.29) is 13.2 Å². The molecule has 19 heavy (non-hydrogen) atoms. The maximum atomic E-state index is 8.85. The molecule has 0 saturated heterocycles. The Hall–Kier alpha value is -0.540. The van der Waals surface area contributed by atoms with Crippen molar-refractivity contribution in [3.05, 3.63) is 12.3 Å². The van der Waals surface area contributed by atoms with Crippen molar-refractivity contribution in [1.82, 2.24) is 4.90 Å². The van der Waals surface area contributed by atoms with E-state index >= 15 is 0 Å². The van der Waals surface area contributed by atoms with Gasteiger partial charge in [0.15, 0.2) is 0 Å². The molecule has 0 aliphatic heterocycles. The van der Waals surface area contributed by atoms with Crippen LogP contribution in [-0.4, -0.2) is 41.4 Å². The van der Waals surface area contributed by atoms with Gasteiger partial charge in [-0.3, -0.25) is 0 Å². The van der Waals surface area contributed by atoms with Gasteiger partial charge in [0.1, 0.15) is 0 Å². The Morgan fingerprint density at radius 3 is 1.95 bits per heavy atom. The van der Waals surface area contributed by atoms with Crippen molar-refractivity contribution in [3.8, 4) is 0 Å². The van der Waals surface area contributed by atoms with Gasteiger partial charge < -0.3 is 15.1 Å². The van der Waals surface area contributed by atoms with Crippen LogP contribution in [0, 0.1) is 0 Å². The van der Waals surface area contributed by atoms with E-state index in [2.05, 4.69) is 24.1 Å². The third kappa shape index (κ3) is 13.7. The molecule has 0 aliphatic carbocycles. The van der Waals surface area contributed by atoms with Crippen LogP contribution in [0.1, 0.15) is 64.7 Å². The fourth-order valence-electron chi connectivity index (χ4n) is 2.07. The molecule has 0 fully saturated rings. The summed E-state index contributed by atoms with van der Waals surface area (Å²) in [6.45, 7) is 4.48. The van der Waals surface area contributed by atoms with Gasteiger partial charge in [-0.15, -0.1) is 0 Å². The number of aliphatic hydroxyl groups is 2. The van der Waals surface area contributed by atoms with Crippen LogP contribution in [0.4, 0.5) is 0 Å². The minimum atomic E-state index is 0.237. The smallest absolute Gasteiger partial charge is 0.0447 e. The van der Waals surface area contributed by atoms with Crippen LogP contribution in [0.3, 0.4) is 0 Å². The second kappa shape index (κ2) is 15.5. The molecule has 0 saturated carbocycles. The van der Waals surface area contributed by atoms with E-state index in [0.29, 0.717) is 0 Å². The molecule has 0 heterocycles. The number of unbranched alkanes of at least 4 members (excludes halogenated alkanes) is 6. The Bertz CT molecular complexity index is 187. The van der Waals surface area contributed by atoms with Crippen molar-refractivity contribution in [2.75, 3.05) is 26.3 Å². The molecule has 0 atom stereocenters. The minimum Gasteiger partial charge on any atom is -0.396 e. The first-order chi connectivity index (χ1) is 9.35. The highest BCUT2D eigenvalue weighted by molar-refractivity contribution is 4.82. The van der Waals surface area contributed by atoms with E-state index < -0.39 is 0 Å². The van der Waals surface area contributed by atoms with Gasteiger partial charge in [0, 0.05) is 26.3 Å². The molecule has 0 aromatic carbocycles. The molecule has 0 bridgehead atoms. The SMILES string of the molecule is CCCCCCCCC=CN(CCCO)CCCO.